The van der Waals surface area contributed by atoms with E-state index in [2.05, 4.69) is 82.4 Å². The highest BCUT2D eigenvalue weighted by atomic mass is 35.5. The lowest BCUT2D eigenvalue weighted by atomic mass is 9.72. The Bertz CT molecular complexity index is 1240. The number of hydrogen-bond donors (Lipinski definition) is 1. The van der Waals surface area contributed by atoms with Crippen LogP contribution in [0.1, 0.15) is 70.7 Å². The van der Waals surface area contributed by atoms with Crippen LogP contribution in [0, 0.1) is 0 Å². The van der Waals surface area contributed by atoms with Crippen LogP contribution in [0.3, 0.4) is 0 Å². The van der Waals surface area contributed by atoms with Crippen LogP contribution in [-0.4, -0.2) is 11.9 Å². The lowest BCUT2D eigenvalue weighted by molar-refractivity contribution is 0.241. The first-order chi connectivity index (χ1) is 16.3. The zero-order chi connectivity index (χ0) is 25.6. The maximum Gasteiger partial charge on any atom is 0.133 e. The Morgan fingerprint density at radius 1 is 0.829 bits per heavy atom. The van der Waals surface area contributed by atoms with Crippen LogP contribution in [0.25, 0.3) is 0 Å². The second kappa shape index (κ2) is 9.19. The number of nitrogens with one attached hydrogen (secondary N) is 1. The minimum atomic E-state index is -0.613. The summed E-state index contributed by atoms with van der Waals surface area (Å²) in [6, 6.07) is 22.4. The molecule has 1 aliphatic rings. The van der Waals surface area contributed by atoms with Gasteiger partial charge in [-0.25, -0.2) is 0 Å². The number of ether oxygens (including phenoxy) is 1. The fraction of sp³-hybridized carbons (Fsp3) is 0.367. The Kier molecular flexibility index (Phi) is 6.72. The van der Waals surface area contributed by atoms with Gasteiger partial charge in [0.05, 0.1) is 17.2 Å². The first-order valence-electron chi connectivity index (χ1n) is 12.1. The quantitative estimate of drug-likeness (QED) is 0.376. The van der Waals surface area contributed by atoms with Gasteiger partial charge in [-0.15, -0.1) is 0 Å². The molecule has 1 heterocycles. The molecule has 0 amide bonds. The molecule has 0 saturated heterocycles. The highest BCUT2D eigenvalue weighted by Gasteiger charge is 2.52. The van der Waals surface area contributed by atoms with Crippen molar-refractivity contribution in [3.05, 3.63) is 99.0 Å². The van der Waals surface area contributed by atoms with Crippen LogP contribution in [-0.2, 0) is 16.5 Å². The van der Waals surface area contributed by atoms with E-state index in [4.69, 9.17) is 32.9 Å². The van der Waals surface area contributed by atoms with Crippen molar-refractivity contribution in [1.82, 2.24) is 5.32 Å². The first kappa shape index (κ1) is 25.6. The van der Waals surface area contributed by atoms with Crippen molar-refractivity contribution in [2.24, 2.45) is 4.99 Å². The molecule has 0 fully saturated rings. The van der Waals surface area contributed by atoms with Gasteiger partial charge in [-0.2, -0.15) is 0 Å². The third kappa shape index (κ3) is 4.81. The normalized spacial score (nSPS) is 22.2. The van der Waals surface area contributed by atoms with Gasteiger partial charge in [-0.3, -0.25) is 4.99 Å². The van der Waals surface area contributed by atoms with E-state index in [-0.39, 0.29) is 11.5 Å². The summed E-state index contributed by atoms with van der Waals surface area (Å²) in [6.07, 6.45) is 0.0382. The molecule has 4 rings (SSSR count). The highest BCUT2D eigenvalue weighted by molar-refractivity contribution is 6.30. The lowest BCUT2D eigenvalue weighted by Gasteiger charge is -2.40. The first-order valence-corrected chi connectivity index (χ1v) is 12.8. The molecule has 2 atom stereocenters. The number of halogens is 2. The molecule has 0 spiro atoms. The minimum absolute atomic E-state index is 0.00811. The summed E-state index contributed by atoms with van der Waals surface area (Å²) < 4.78 is 6.32. The standard InChI is InChI=1S/C30H34Cl2N2O/c1-19(2)35-26-18-22(28(3,4)5)12-17-25(26)27-33-29(6,20-8-13-23(31)14-9-20)30(7,34-27)21-10-15-24(32)16-11-21/h8-19H,1-7H3,(H,33,34)/t29-,30+. The third-order valence-electron chi connectivity index (χ3n) is 6.97. The van der Waals surface area contributed by atoms with Crippen molar-refractivity contribution in [2.75, 3.05) is 0 Å². The van der Waals surface area contributed by atoms with Gasteiger partial charge in [-0.1, -0.05) is 74.3 Å². The van der Waals surface area contributed by atoms with Gasteiger partial charge >= 0.3 is 0 Å². The summed E-state index contributed by atoms with van der Waals surface area (Å²) in [5, 5.41) is 5.19. The molecule has 3 nitrogen and oxygen atoms in total. The second-order valence-electron chi connectivity index (χ2n) is 10.9. The highest BCUT2D eigenvalue weighted by Crippen LogP contribution is 2.48. The molecule has 1 N–H and O–H groups in total. The van der Waals surface area contributed by atoms with E-state index in [1.54, 1.807) is 0 Å². The van der Waals surface area contributed by atoms with Crippen LogP contribution in [0.4, 0.5) is 0 Å². The van der Waals surface area contributed by atoms with E-state index in [1.807, 2.05) is 38.1 Å². The smallest absolute Gasteiger partial charge is 0.133 e. The largest absolute Gasteiger partial charge is 0.490 e. The Morgan fingerprint density at radius 3 is 1.89 bits per heavy atom. The molecule has 0 aliphatic carbocycles. The molecule has 3 aromatic rings. The summed E-state index contributed by atoms with van der Waals surface area (Å²) in [5.41, 5.74) is 3.18. The van der Waals surface area contributed by atoms with E-state index in [0.29, 0.717) is 10.0 Å². The van der Waals surface area contributed by atoms with Gasteiger partial charge in [0, 0.05) is 10.0 Å². The fourth-order valence-electron chi connectivity index (χ4n) is 4.65. The number of rotatable bonds is 5. The second-order valence-corrected chi connectivity index (χ2v) is 11.8. The number of benzene rings is 3. The minimum Gasteiger partial charge on any atom is -0.490 e. The predicted molar refractivity (Wildman–Crippen MR) is 148 cm³/mol. The Balaban J connectivity index is 1.90. The maximum atomic E-state index is 6.32. The van der Waals surface area contributed by atoms with Crippen LogP contribution < -0.4 is 10.1 Å². The SMILES string of the molecule is CC(C)Oc1cc(C(C)(C)C)ccc1C1=N[C@](C)(c2ccc(Cl)cc2)[C@](C)(c2ccc(Cl)cc2)N1. The monoisotopic (exact) mass is 508 g/mol. The Hall–Kier alpha value is -2.49. The van der Waals surface area contributed by atoms with Crippen molar-refractivity contribution in [1.29, 1.82) is 0 Å². The van der Waals surface area contributed by atoms with Gasteiger partial charge in [0.2, 0.25) is 0 Å². The molecule has 35 heavy (non-hydrogen) atoms. The lowest BCUT2D eigenvalue weighted by Crippen LogP contribution is -2.50. The van der Waals surface area contributed by atoms with Crippen molar-refractivity contribution < 1.29 is 4.74 Å². The van der Waals surface area contributed by atoms with Crippen molar-refractivity contribution in [2.45, 2.75) is 71.1 Å². The summed E-state index contributed by atoms with van der Waals surface area (Å²) in [5.74, 6) is 1.63. The maximum absolute atomic E-state index is 6.32. The van der Waals surface area contributed by atoms with Gasteiger partial charge in [0.1, 0.15) is 17.1 Å². The summed E-state index contributed by atoms with van der Waals surface area (Å²) in [6.45, 7) is 15.1. The van der Waals surface area contributed by atoms with Gasteiger partial charge < -0.3 is 10.1 Å². The molecule has 0 unspecified atom stereocenters. The van der Waals surface area contributed by atoms with E-state index < -0.39 is 11.1 Å². The van der Waals surface area contributed by atoms with Gasteiger partial charge in [0.25, 0.3) is 0 Å². The molecule has 3 aromatic carbocycles. The molecule has 0 aromatic heterocycles. The number of nitrogens with zero attached hydrogens (tertiary/aromatic N) is 1. The molecule has 1 aliphatic heterocycles. The zero-order valence-corrected chi connectivity index (χ0v) is 23.1. The summed E-state index contributed by atoms with van der Waals surface area (Å²) in [7, 11) is 0. The summed E-state index contributed by atoms with van der Waals surface area (Å²) in [4.78, 5) is 5.35. The fourth-order valence-corrected chi connectivity index (χ4v) is 4.90. The van der Waals surface area contributed by atoms with Gasteiger partial charge in [-0.05, 0) is 86.2 Å². The zero-order valence-electron chi connectivity index (χ0n) is 21.5. The van der Waals surface area contributed by atoms with Crippen LogP contribution in [0.15, 0.2) is 71.7 Å². The van der Waals surface area contributed by atoms with E-state index in [1.165, 1.54) is 5.56 Å². The molecule has 0 radical (unpaired) electrons. The number of hydrogen-bond acceptors (Lipinski definition) is 3. The van der Waals surface area contributed by atoms with Crippen LogP contribution >= 0.6 is 23.2 Å². The van der Waals surface area contributed by atoms with E-state index >= 15 is 0 Å². The number of aliphatic imine (C=N–C) groups is 1. The van der Waals surface area contributed by atoms with E-state index in [9.17, 15) is 0 Å². The van der Waals surface area contributed by atoms with Crippen LogP contribution in [0.2, 0.25) is 10.0 Å². The molecule has 0 bridgehead atoms. The Labute approximate surface area is 219 Å². The topological polar surface area (TPSA) is 33.6 Å². The molecule has 184 valence electrons. The predicted octanol–water partition coefficient (Wildman–Crippen LogP) is 8.26. The van der Waals surface area contributed by atoms with Crippen molar-refractivity contribution in [3.63, 3.8) is 0 Å². The molecular formula is C30H34Cl2N2O. The summed E-state index contributed by atoms with van der Waals surface area (Å²) >= 11 is 12.5. The average molecular weight is 510 g/mol. The molecule has 5 heteroatoms. The van der Waals surface area contributed by atoms with Gasteiger partial charge in [0.15, 0.2) is 0 Å². The molecule has 0 saturated carbocycles. The molecular weight excluding hydrogens is 475 g/mol. The third-order valence-corrected chi connectivity index (χ3v) is 7.47. The van der Waals surface area contributed by atoms with Crippen molar-refractivity contribution in [3.8, 4) is 5.75 Å². The average Bonchev–Trinajstić information content (AvgIpc) is 3.06. The number of amidine groups is 1. The Morgan fingerprint density at radius 2 is 1.37 bits per heavy atom. The van der Waals surface area contributed by atoms with Crippen molar-refractivity contribution >= 4 is 29.0 Å². The van der Waals surface area contributed by atoms with Crippen LogP contribution in [0.5, 0.6) is 5.75 Å². The van der Waals surface area contributed by atoms with E-state index in [0.717, 1.165) is 28.3 Å².